The Morgan fingerprint density at radius 2 is 2.11 bits per heavy atom. The predicted octanol–water partition coefficient (Wildman–Crippen LogP) is 3.12. The van der Waals surface area contributed by atoms with Crippen LogP contribution in [0.4, 0.5) is 10.5 Å². The lowest BCUT2D eigenvalue weighted by atomic mass is 9.96. The molecule has 0 saturated carbocycles. The molecule has 2 rings (SSSR count). The van der Waals surface area contributed by atoms with Crippen LogP contribution < -0.4 is 10.6 Å². The van der Waals surface area contributed by atoms with Gasteiger partial charge in [0, 0.05) is 24.1 Å². The number of rotatable bonds is 2. The average molecular weight is 268 g/mol. The lowest BCUT2D eigenvalue weighted by molar-refractivity contribution is 0.247. The van der Waals surface area contributed by atoms with Gasteiger partial charge in [0.25, 0.3) is 0 Å². The number of hydrogen-bond acceptors (Lipinski definition) is 2. The fourth-order valence-corrected chi connectivity index (χ4v) is 1.88. The fourth-order valence-electron chi connectivity index (χ4n) is 1.88. The van der Waals surface area contributed by atoms with Crippen molar-refractivity contribution in [2.75, 3.05) is 5.32 Å². The number of aromatic nitrogens is 1. The molecule has 1 aromatic heterocycles. The summed E-state index contributed by atoms with van der Waals surface area (Å²) in [6, 6.07) is 3.64. The average Bonchev–Trinajstić information content (AvgIpc) is 2.33. The van der Waals surface area contributed by atoms with E-state index in [-0.39, 0.29) is 24.5 Å². The van der Waals surface area contributed by atoms with Crippen LogP contribution in [0.25, 0.3) is 0 Å². The molecular formula is C13H18ClN3O. The van der Waals surface area contributed by atoms with Crippen molar-refractivity contribution in [3.63, 3.8) is 0 Å². The van der Waals surface area contributed by atoms with E-state index in [0.717, 1.165) is 24.9 Å². The summed E-state index contributed by atoms with van der Waals surface area (Å²) >= 11 is 0. The Balaban J connectivity index is 0.00000162. The highest BCUT2D eigenvalue weighted by Crippen LogP contribution is 2.17. The number of anilines is 1. The molecule has 0 radical (unpaired) electrons. The molecular weight excluding hydrogens is 250 g/mol. The van der Waals surface area contributed by atoms with E-state index >= 15 is 0 Å². The Morgan fingerprint density at radius 3 is 2.72 bits per heavy atom. The third-order valence-corrected chi connectivity index (χ3v) is 2.91. The highest BCUT2D eigenvalue weighted by atomic mass is 35.5. The number of urea groups is 1. The summed E-state index contributed by atoms with van der Waals surface area (Å²) in [5.74, 6) is 0. The van der Waals surface area contributed by atoms with Gasteiger partial charge in [0.2, 0.25) is 0 Å². The molecule has 0 spiro atoms. The molecule has 18 heavy (non-hydrogen) atoms. The number of nitrogens with one attached hydrogen (secondary N) is 2. The highest BCUT2D eigenvalue weighted by Gasteiger charge is 2.14. The van der Waals surface area contributed by atoms with E-state index < -0.39 is 0 Å². The number of nitrogens with zero attached hydrogens (tertiary/aromatic N) is 1. The van der Waals surface area contributed by atoms with Crippen molar-refractivity contribution in [3.8, 4) is 0 Å². The van der Waals surface area contributed by atoms with E-state index in [1.54, 1.807) is 24.5 Å². The second kappa shape index (κ2) is 7.01. The van der Waals surface area contributed by atoms with Gasteiger partial charge in [-0.3, -0.25) is 4.98 Å². The fraction of sp³-hybridized carbons (Fsp3) is 0.385. The minimum Gasteiger partial charge on any atom is -0.335 e. The molecule has 0 aliphatic heterocycles. The number of carbonyl (C=O) groups is 1. The summed E-state index contributed by atoms with van der Waals surface area (Å²) in [5.41, 5.74) is 2.18. The van der Waals surface area contributed by atoms with E-state index in [4.69, 9.17) is 0 Å². The molecule has 0 fully saturated rings. The van der Waals surface area contributed by atoms with Crippen molar-refractivity contribution in [3.05, 3.63) is 36.2 Å². The van der Waals surface area contributed by atoms with Gasteiger partial charge >= 0.3 is 6.03 Å². The minimum atomic E-state index is -0.144. The zero-order valence-corrected chi connectivity index (χ0v) is 11.2. The molecule has 2 amide bonds. The first-order chi connectivity index (χ1) is 8.24. The van der Waals surface area contributed by atoms with Crippen LogP contribution in [0.1, 0.15) is 26.2 Å². The summed E-state index contributed by atoms with van der Waals surface area (Å²) < 4.78 is 0. The Hall–Kier alpha value is -1.55. The molecule has 1 unspecified atom stereocenters. The predicted molar refractivity (Wildman–Crippen MR) is 75.0 cm³/mol. The van der Waals surface area contributed by atoms with E-state index in [1.807, 2.05) is 0 Å². The van der Waals surface area contributed by atoms with Crippen LogP contribution in [0.3, 0.4) is 0 Å². The van der Waals surface area contributed by atoms with Crippen LogP contribution in [-0.2, 0) is 0 Å². The topological polar surface area (TPSA) is 54.0 Å². The van der Waals surface area contributed by atoms with Gasteiger partial charge in [-0.1, -0.05) is 11.6 Å². The van der Waals surface area contributed by atoms with Crippen molar-refractivity contribution >= 4 is 24.1 Å². The van der Waals surface area contributed by atoms with Crippen LogP contribution in [0.15, 0.2) is 36.2 Å². The van der Waals surface area contributed by atoms with E-state index in [2.05, 4.69) is 28.6 Å². The number of amides is 2. The minimum absolute atomic E-state index is 0. The lowest BCUT2D eigenvalue weighted by Gasteiger charge is -2.21. The smallest absolute Gasteiger partial charge is 0.319 e. The van der Waals surface area contributed by atoms with Crippen molar-refractivity contribution in [1.29, 1.82) is 0 Å². The molecule has 1 heterocycles. The second-order valence-electron chi connectivity index (χ2n) is 4.36. The van der Waals surface area contributed by atoms with Crippen molar-refractivity contribution < 1.29 is 4.79 Å². The molecule has 1 aromatic rings. The number of allylic oxidation sites excluding steroid dienone is 1. The van der Waals surface area contributed by atoms with Crippen LogP contribution in [0, 0.1) is 0 Å². The van der Waals surface area contributed by atoms with Crippen LogP contribution >= 0.6 is 12.4 Å². The quantitative estimate of drug-likeness (QED) is 0.809. The molecule has 0 aromatic carbocycles. The van der Waals surface area contributed by atoms with Gasteiger partial charge < -0.3 is 10.6 Å². The van der Waals surface area contributed by atoms with Crippen LogP contribution in [0.5, 0.6) is 0 Å². The SMILES string of the molecule is CC1=CCC(NC(=O)Nc2ccncc2)CC1.Cl. The van der Waals surface area contributed by atoms with E-state index in [0.29, 0.717) is 0 Å². The number of halogens is 1. The first kappa shape index (κ1) is 14.5. The monoisotopic (exact) mass is 267 g/mol. The van der Waals surface area contributed by atoms with Crippen molar-refractivity contribution in [2.45, 2.75) is 32.2 Å². The Labute approximate surface area is 113 Å². The van der Waals surface area contributed by atoms with Gasteiger partial charge in [0.1, 0.15) is 0 Å². The summed E-state index contributed by atoms with van der Waals surface area (Å²) in [7, 11) is 0. The van der Waals surface area contributed by atoms with Gasteiger partial charge in [-0.15, -0.1) is 12.4 Å². The standard InChI is InChI=1S/C13H17N3O.ClH/c1-10-2-4-11(5-3-10)15-13(17)16-12-6-8-14-9-7-12;/h2,6-9,11H,3-5H2,1H3,(H2,14,15,16,17);1H. The van der Waals surface area contributed by atoms with Crippen LogP contribution in [-0.4, -0.2) is 17.1 Å². The van der Waals surface area contributed by atoms with Gasteiger partial charge in [0.05, 0.1) is 0 Å². The van der Waals surface area contributed by atoms with Gasteiger partial charge in [0.15, 0.2) is 0 Å². The molecule has 5 heteroatoms. The molecule has 1 aliphatic rings. The maximum Gasteiger partial charge on any atom is 0.319 e. The zero-order valence-electron chi connectivity index (χ0n) is 10.3. The van der Waals surface area contributed by atoms with Crippen molar-refractivity contribution in [2.24, 2.45) is 0 Å². The zero-order chi connectivity index (χ0) is 12.1. The Bertz CT molecular complexity index is 420. The summed E-state index contributed by atoms with van der Waals surface area (Å²) in [4.78, 5) is 15.6. The Morgan fingerprint density at radius 1 is 1.39 bits per heavy atom. The molecule has 0 bridgehead atoms. The molecule has 98 valence electrons. The second-order valence-corrected chi connectivity index (χ2v) is 4.36. The molecule has 4 nitrogen and oxygen atoms in total. The first-order valence-corrected chi connectivity index (χ1v) is 5.87. The largest absolute Gasteiger partial charge is 0.335 e. The molecule has 1 aliphatic carbocycles. The van der Waals surface area contributed by atoms with E-state index in [9.17, 15) is 4.79 Å². The summed E-state index contributed by atoms with van der Waals surface area (Å²) in [6.45, 7) is 2.13. The highest BCUT2D eigenvalue weighted by molar-refractivity contribution is 5.89. The summed E-state index contributed by atoms with van der Waals surface area (Å²) in [6.07, 6.45) is 8.52. The lowest BCUT2D eigenvalue weighted by Crippen LogP contribution is -2.38. The molecule has 1 atom stereocenters. The van der Waals surface area contributed by atoms with E-state index in [1.165, 1.54) is 5.57 Å². The maximum atomic E-state index is 11.7. The number of hydrogen-bond donors (Lipinski definition) is 2. The Kier molecular flexibility index (Phi) is 5.65. The first-order valence-electron chi connectivity index (χ1n) is 5.87. The normalized spacial score (nSPS) is 18.3. The summed E-state index contributed by atoms with van der Waals surface area (Å²) in [5, 5.41) is 5.76. The molecule has 0 saturated heterocycles. The van der Waals surface area contributed by atoms with Gasteiger partial charge in [-0.2, -0.15) is 0 Å². The third-order valence-electron chi connectivity index (χ3n) is 2.91. The van der Waals surface area contributed by atoms with Gasteiger partial charge in [-0.25, -0.2) is 4.79 Å². The van der Waals surface area contributed by atoms with Gasteiger partial charge in [-0.05, 0) is 38.3 Å². The molecule has 2 N–H and O–H groups in total. The number of pyridine rings is 1. The maximum absolute atomic E-state index is 11.7. The number of carbonyl (C=O) groups excluding carboxylic acids is 1. The van der Waals surface area contributed by atoms with Crippen LogP contribution in [0.2, 0.25) is 0 Å². The third kappa shape index (κ3) is 4.37. The van der Waals surface area contributed by atoms with Crippen molar-refractivity contribution in [1.82, 2.24) is 10.3 Å².